The molecule has 0 atom stereocenters. The van der Waals surface area contributed by atoms with Crippen LogP contribution in [0.2, 0.25) is 0 Å². The maximum absolute atomic E-state index is 13.3. The second-order valence-electron chi connectivity index (χ2n) is 9.02. The Morgan fingerprint density at radius 1 is 1.06 bits per heavy atom. The van der Waals surface area contributed by atoms with Gasteiger partial charge in [0.05, 0.1) is 29.2 Å². The minimum Gasteiger partial charge on any atom is -0.470 e. The Bertz CT molecular complexity index is 1320. The van der Waals surface area contributed by atoms with Crippen molar-refractivity contribution in [3.8, 4) is 5.88 Å². The highest BCUT2D eigenvalue weighted by Gasteiger charge is 2.63. The summed E-state index contributed by atoms with van der Waals surface area (Å²) in [4.78, 5) is 40.5. The lowest BCUT2D eigenvalue weighted by Crippen LogP contribution is -2.49. The predicted molar refractivity (Wildman–Crippen MR) is 110 cm³/mol. The third-order valence-corrected chi connectivity index (χ3v) is 7.07. The van der Waals surface area contributed by atoms with Gasteiger partial charge in [-0.05, 0) is 31.7 Å². The molecule has 4 heterocycles. The summed E-state index contributed by atoms with van der Waals surface area (Å²) >= 11 is 0. The van der Waals surface area contributed by atoms with Crippen molar-refractivity contribution in [2.45, 2.75) is 49.4 Å². The van der Waals surface area contributed by atoms with Gasteiger partial charge in [0, 0.05) is 12.6 Å². The molecular formula is C21H18F3N7O3. The number of urea groups is 1. The van der Waals surface area contributed by atoms with Gasteiger partial charge in [0.15, 0.2) is 5.65 Å². The van der Waals surface area contributed by atoms with Crippen LogP contribution in [0.5, 0.6) is 5.88 Å². The summed E-state index contributed by atoms with van der Waals surface area (Å²) in [7, 11) is 0. The Hall–Kier alpha value is -3.77. The molecule has 0 spiro atoms. The van der Waals surface area contributed by atoms with Crippen molar-refractivity contribution in [2.75, 3.05) is 11.4 Å². The summed E-state index contributed by atoms with van der Waals surface area (Å²) in [5.74, 6) is -0.0634. The second kappa shape index (κ2) is 6.87. The SMILES string of the molecule is O=C1CN(c2cncc(C(F)(F)F)c2)C(=O)N1C12CCC(Oc3ncnc4[nH]ncc34)(CC1)C2. The monoisotopic (exact) mass is 473 g/mol. The first-order valence-electron chi connectivity index (χ1n) is 10.7. The fraction of sp³-hybridized carbons (Fsp3) is 0.429. The quantitative estimate of drug-likeness (QED) is 0.579. The zero-order valence-corrected chi connectivity index (χ0v) is 17.7. The number of rotatable bonds is 4. The van der Waals surface area contributed by atoms with Crippen molar-refractivity contribution < 1.29 is 27.5 Å². The maximum atomic E-state index is 13.3. The molecule has 34 heavy (non-hydrogen) atoms. The number of aromatic nitrogens is 5. The number of anilines is 1. The highest BCUT2D eigenvalue weighted by Crippen LogP contribution is 2.56. The number of H-pyrrole nitrogens is 1. The highest BCUT2D eigenvalue weighted by atomic mass is 19.4. The summed E-state index contributed by atoms with van der Waals surface area (Å²) in [6.45, 7) is -0.334. The van der Waals surface area contributed by atoms with Crippen LogP contribution in [0.4, 0.5) is 23.7 Å². The van der Waals surface area contributed by atoms with Crippen LogP contribution in [-0.2, 0) is 11.0 Å². The molecule has 3 fully saturated rings. The molecule has 3 aromatic rings. The van der Waals surface area contributed by atoms with E-state index < -0.39 is 34.8 Å². The number of aromatic amines is 1. The number of hydrogen-bond acceptors (Lipinski definition) is 7. The molecule has 0 radical (unpaired) electrons. The van der Waals surface area contributed by atoms with Crippen molar-refractivity contribution >= 4 is 28.7 Å². The molecule has 13 heteroatoms. The van der Waals surface area contributed by atoms with Crippen LogP contribution < -0.4 is 9.64 Å². The smallest absolute Gasteiger partial charge is 0.417 e. The lowest BCUT2D eigenvalue weighted by atomic mass is 9.91. The van der Waals surface area contributed by atoms with Crippen LogP contribution >= 0.6 is 0 Å². The van der Waals surface area contributed by atoms with Crippen LogP contribution in [0, 0.1) is 0 Å². The van der Waals surface area contributed by atoms with E-state index in [1.807, 2.05) is 0 Å². The van der Waals surface area contributed by atoms with Crippen molar-refractivity contribution in [2.24, 2.45) is 0 Å². The van der Waals surface area contributed by atoms with Crippen LogP contribution in [0.3, 0.4) is 0 Å². The van der Waals surface area contributed by atoms with Gasteiger partial charge in [-0.1, -0.05) is 0 Å². The summed E-state index contributed by atoms with van der Waals surface area (Å²) in [6, 6.07) is 0.199. The first-order chi connectivity index (χ1) is 16.2. The normalized spacial score (nSPS) is 26.8. The van der Waals surface area contributed by atoms with E-state index in [1.54, 1.807) is 6.20 Å². The fourth-order valence-corrected chi connectivity index (χ4v) is 5.49. The summed E-state index contributed by atoms with van der Waals surface area (Å²) in [6.07, 6.45) is 2.91. The molecular weight excluding hydrogens is 455 g/mol. The van der Waals surface area contributed by atoms with E-state index in [0.717, 1.165) is 17.2 Å². The Morgan fingerprint density at radius 2 is 1.85 bits per heavy atom. The number of amides is 3. The molecule has 3 aromatic heterocycles. The van der Waals surface area contributed by atoms with Gasteiger partial charge in [-0.3, -0.25) is 24.7 Å². The molecule has 1 aliphatic heterocycles. The van der Waals surface area contributed by atoms with Crippen molar-refractivity contribution in [3.63, 3.8) is 0 Å². The van der Waals surface area contributed by atoms with Gasteiger partial charge in [0.1, 0.15) is 23.9 Å². The lowest BCUT2D eigenvalue weighted by Gasteiger charge is -2.34. The number of pyridine rings is 1. The van der Waals surface area contributed by atoms with Gasteiger partial charge in [0.25, 0.3) is 5.91 Å². The number of alkyl halides is 3. The standard InChI is InChI=1S/C21H18F3N7O3/c22-21(23,24)12-5-13(7-25-6-12)30-9-15(32)31(18(30)33)19-1-3-20(10-19,4-2-19)34-17-14-8-28-29-16(14)26-11-27-17/h5-8,11H,1-4,9-10H2,(H,26,27,28,29). The fourth-order valence-electron chi connectivity index (χ4n) is 5.49. The van der Waals surface area contributed by atoms with E-state index in [1.165, 1.54) is 11.2 Å². The molecule has 3 aliphatic rings. The molecule has 2 bridgehead atoms. The van der Waals surface area contributed by atoms with Gasteiger partial charge in [-0.15, -0.1) is 0 Å². The number of halogens is 3. The molecule has 2 aliphatic carbocycles. The number of imide groups is 1. The van der Waals surface area contributed by atoms with E-state index in [-0.39, 0.29) is 12.2 Å². The van der Waals surface area contributed by atoms with E-state index in [2.05, 4.69) is 25.1 Å². The zero-order chi connectivity index (χ0) is 23.7. The number of fused-ring (bicyclic) bond motifs is 3. The van der Waals surface area contributed by atoms with Gasteiger partial charge in [-0.2, -0.15) is 18.3 Å². The Kier molecular flexibility index (Phi) is 4.20. The Balaban J connectivity index is 1.26. The van der Waals surface area contributed by atoms with Crippen molar-refractivity contribution in [1.82, 2.24) is 30.0 Å². The number of carbonyl (C=O) groups is 2. The van der Waals surface area contributed by atoms with Gasteiger partial charge < -0.3 is 4.74 Å². The van der Waals surface area contributed by atoms with E-state index in [4.69, 9.17) is 4.74 Å². The van der Waals surface area contributed by atoms with Crippen LogP contribution in [0.15, 0.2) is 31.0 Å². The molecule has 2 saturated carbocycles. The van der Waals surface area contributed by atoms with Crippen LogP contribution in [0.25, 0.3) is 11.0 Å². The molecule has 6 rings (SSSR count). The van der Waals surface area contributed by atoms with Gasteiger partial charge in [-0.25, -0.2) is 14.8 Å². The summed E-state index contributed by atoms with van der Waals surface area (Å²) in [5, 5.41) is 7.36. The van der Waals surface area contributed by atoms with Crippen molar-refractivity contribution in [1.29, 1.82) is 0 Å². The third-order valence-electron chi connectivity index (χ3n) is 7.07. The van der Waals surface area contributed by atoms with Gasteiger partial charge >= 0.3 is 12.2 Å². The molecule has 1 N–H and O–H groups in total. The average Bonchev–Trinajstić information content (AvgIpc) is 3.56. The minimum absolute atomic E-state index is 0.0612. The molecule has 1 saturated heterocycles. The highest BCUT2D eigenvalue weighted by molar-refractivity contribution is 6.12. The number of nitrogens with one attached hydrogen (secondary N) is 1. The number of hydrogen-bond donors (Lipinski definition) is 1. The maximum Gasteiger partial charge on any atom is 0.417 e. The van der Waals surface area contributed by atoms with Crippen LogP contribution in [-0.4, -0.2) is 59.7 Å². The topological polar surface area (TPSA) is 117 Å². The largest absolute Gasteiger partial charge is 0.470 e. The Morgan fingerprint density at radius 3 is 2.62 bits per heavy atom. The Labute approximate surface area is 190 Å². The minimum atomic E-state index is -4.61. The number of carbonyl (C=O) groups excluding carboxylic acids is 2. The molecule has 10 nitrogen and oxygen atoms in total. The molecule has 3 amide bonds. The van der Waals surface area contributed by atoms with Crippen LogP contribution in [0.1, 0.15) is 37.7 Å². The second-order valence-corrected chi connectivity index (χ2v) is 9.02. The zero-order valence-electron chi connectivity index (χ0n) is 17.7. The molecule has 176 valence electrons. The third kappa shape index (κ3) is 3.02. The number of ether oxygens (including phenoxy) is 1. The molecule has 0 unspecified atom stereocenters. The average molecular weight is 473 g/mol. The summed E-state index contributed by atoms with van der Waals surface area (Å²) < 4.78 is 45.7. The van der Waals surface area contributed by atoms with Gasteiger partial charge in [0.2, 0.25) is 5.88 Å². The van der Waals surface area contributed by atoms with E-state index in [0.29, 0.717) is 55.2 Å². The number of nitrogens with zero attached hydrogens (tertiary/aromatic N) is 6. The first kappa shape index (κ1) is 20.8. The van der Waals surface area contributed by atoms with Crippen molar-refractivity contribution in [3.05, 3.63) is 36.5 Å². The van der Waals surface area contributed by atoms with E-state index in [9.17, 15) is 22.8 Å². The summed E-state index contributed by atoms with van der Waals surface area (Å²) in [5.41, 5.74) is -1.86. The predicted octanol–water partition coefficient (Wildman–Crippen LogP) is 3.07. The van der Waals surface area contributed by atoms with E-state index >= 15 is 0 Å². The lowest BCUT2D eigenvalue weighted by molar-refractivity contribution is -0.137. The molecule has 0 aromatic carbocycles. The first-order valence-corrected chi connectivity index (χ1v) is 10.7.